The molecule has 1 heterocycles. The second-order valence-electron chi connectivity index (χ2n) is 6.96. The molecule has 0 fully saturated rings. The average Bonchev–Trinajstić information content (AvgIpc) is 2.88. The lowest BCUT2D eigenvalue weighted by molar-refractivity contribution is -0.119. The lowest BCUT2D eigenvalue weighted by atomic mass is 9.84. The van der Waals surface area contributed by atoms with Gasteiger partial charge < -0.3 is 10.6 Å². The number of fused-ring (bicyclic) bond motifs is 1. The normalized spacial score (nSPS) is 17.9. The Hall–Kier alpha value is -2.50. The Labute approximate surface area is 173 Å². The minimum absolute atomic E-state index is 0.255. The second kappa shape index (κ2) is 7.15. The summed E-state index contributed by atoms with van der Waals surface area (Å²) in [4.78, 5) is 13.2. The summed E-state index contributed by atoms with van der Waals surface area (Å²) in [5.41, 5.74) is 2.04. The van der Waals surface area contributed by atoms with Crippen LogP contribution in [-0.4, -0.2) is 13.8 Å². The Morgan fingerprint density at radius 3 is 2.57 bits per heavy atom. The lowest BCUT2D eigenvalue weighted by Gasteiger charge is -2.30. The predicted octanol–water partition coefficient (Wildman–Crippen LogP) is 3.89. The molecule has 28 heavy (non-hydrogen) atoms. The number of benzene rings is 3. The number of hydrogen-bond acceptors (Lipinski definition) is 2. The standard InChI is InChI=1S/C21H16BCl2FN2O/c22-13-4-7-18(17(25)9-13)27-21(11-12-2-1-3-14(23)8-12)16-6-5-15(24)10-19(16)26-20(21)28/h1-10,27H,11,22H2,(H,26,28). The number of amides is 1. The topological polar surface area (TPSA) is 41.1 Å². The first kappa shape index (κ1) is 18.8. The first-order valence-electron chi connectivity index (χ1n) is 8.78. The number of rotatable bonds is 4. The third-order valence-corrected chi connectivity index (χ3v) is 5.38. The molecule has 3 aromatic rings. The lowest BCUT2D eigenvalue weighted by Crippen LogP contribution is -2.44. The van der Waals surface area contributed by atoms with Crippen LogP contribution < -0.4 is 16.1 Å². The Morgan fingerprint density at radius 1 is 1.04 bits per heavy atom. The van der Waals surface area contributed by atoms with Crippen LogP contribution in [0.25, 0.3) is 0 Å². The fraction of sp³-hybridized carbons (Fsp3) is 0.0952. The third kappa shape index (κ3) is 3.36. The van der Waals surface area contributed by atoms with Crippen molar-refractivity contribution in [2.75, 3.05) is 10.6 Å². The Balaban J connectivity index is 1.85. The Bertz CT molecular complexity index is 1090. The zero-order chi connectivity index (χ0) is 19.9. The summed E-state index contributed by atoms with van der Waals surface area (Å²) in [6.45, 7) is 0. The van der Waals surface area contributed by atoms with Crippen LogP contribution in [0.3, 0.4) is 0 Å². The molecule has 3 nitrogen and oxygen atoms in total. The molecule has 1 aliphatic heterocycles. The van der Waals surface area contributed by atoms with Crippen molar-refractivity contribution in [2.45, 2.75) is 12.0 Å². The van der Waals surface area contributed by atoms with E-state index in [4.69, 9.17) is 23.2 Å². The van der Waals surface area contributed by atoms with E-state index in [0.29, 0.717) is 27.7 Å². The van der Waals surface area contributed by atoms with E-state index in [9.17, 15) is 9.18 Å². The highest BCUT2D eigenvalue weighted by Gasteiger charge is 2.47. The van der Waals surface area contributed by atoms with Crippen molar-refractivity contribution >= 4 is 53.8 Å². The first-order valence-corrected chi connectivity index (χ1v) is 9.53. The quantitative estimate of drug-likeness (QED) is 0.638. The molecule has 0 saturated carbocycles. The molecule has 3 aromatic carbocycles. The van der Waals surface area contributed by atoms with E-state index in [1.165, 1.54) is 6.07 Å². The zero-order valence-corrected chi connectivity index (χ0v) is 16.5. The van der Waals surface area contributed by atoms with Crippen molar-refractivity contribution < 1.29 is 9.18 Å². The summed E-state index contributed by atoms with van der Waals surface area (Å²) in [5, 5.41) is 7.13. The van der Waals surface area contributed by atoms with Gasteiger partial charge in [-0.15, -0.1) is 0 Å². The maximum atomic E-state index is 14.6. The van der Waals surface area contributed by atoms with Crippen molar-refractivity contribution in [3.63, 3.8) is 0 Å². The number of nitrogens with one attached hydrogen (secondary N) is 2. The van der Waals surface area contributed by atoms with Gasteiger partial charge in [-0.2, -0.15) is 0 Å². The maximum absolute atomic E-state index is 14.6. The molecule has 2 N–H and O–H groups in total. The van der Waals surface area contributed by atoms with Crippen LogP contribution in [0.4, 0.5) is 15.8 Å². The molecule has 0 spiro atoms. The average molecular weight is 413 g/mol. The summed E-state index contributed by atoms with van der Waals surface area (Å²) in [5.74, 6) is -0.689. The highest BCUT2D eigenvalue weighted by Crippen LogP contribution is 2.42. The SMILES string of the molecule is Bc1ccc(NC2(Cc3cccc(Cl)c3)C(=O)Nc3cc(Cl)ccc32)c(F)c1. The molecular weight excluding hydrogens is 397 g/mol. The molecule has 0 saturated heterocycles. The minimum Gasteiger partial charge on any atom is -0.365 e. The molecule has 4 rings (SSSR count). The van der Waals surface area contributed by atoms with Crippen LogP contribution in [-0.2, 0) is 16.8 Å². The van der Waals surface area contributed by atoms with E-state index < -0.39 is 11.4 Å². The van der Waals surface area contributed by atoms with Crippen LogP contribution in [0.5, 0.6) is 0 Å². The molecule has 1 atom stereocenters. The van der Waals surface area contributed by atoms with Crippen molar-refractivity contribution in [1.29, 1.82) is 0 Å². The molecular formula is C21H16BCl2FN2O. The monoisotopic (exact) mass is 412 g/mol. The van der Waals surface area contributed by atoms with Crippen LogP contribution in [0, 0.1) is 5.82 Å². The Kier molecular flexibility index (Phi) is 4.82. The van der Waals surface area contributed by atoms with E-state index in [1.54, 1.807) is 42.5 Å². The van der Waals surface area contributed by atoms with Gasteiger partial charge in [0.25, 0.3) is 5.91 Å². The van der Waals surface area contributed by atoms with Crippen molar-refractivity contribution in [3.05, 3.63) is 87.7 Å². The summed E-state index contributed by atoms with van der Waals surface area (Å²) in [6, 6.07) is 17.4. The van der Waals surface area contributed by atoms with E-state index >= 15 is 0 Å². The van der Waals surface area contributed by atoms with E-state index in [0.717, 1.165) is 11.0 Å². The number of hydrogen-bond donors (Lipinski definition) is 2. The van der Waals surface area contributed by atoms with E-state index in [-0.39, 0.29) is 11.6 Å². The van der Waals surface area contributed by atoms with Gasteiger partial charge in [-0.1, -0.05) is 52.9 Å². The first-order chi connectivity index (χ1) is 13.4. The molecule has 0 radical (unpaired) electrons. The van der Waals surface area contributed by atoms with Gasteiger partial charge in [-0.05, 0) is 42.0 Å². The van der Waals surface area contributed by atoms with E-state index in [2.05, 4.69) is 10.6 Å². The fourth-order valence-electron chi connectivity index (χ4n) is 3.59. The molecule has 1 amide bonds. The van der Waals surface area contributed by atoms with Gasteiger partial charge in [-0.25, -0.2) is 4.39 Å². The summed E-state index contributed by atoms with van der Waals surface area (Å²) in [6.07, 6.45) is 0.293. The van der Waals surface area contributed by atoms with Crippen LogP contribution in [0.2, 0.25) is 10.0 Å². The maximum Gasteiger partial charge on any atom is 0.255 e. The zero-order valence-electron chi connectivity index (χ0n) is 15.0. The molecule has 0 aromatic heterocycles. The predicted molar refractivity (Wildman–Crippen MR) is 115 cm³/mol. The number of carbonyl (C=O) groups is 1. The van der Waals surface area contributed by atoms with Crippen LogP contribution >= 0.6 is 23.2 Å². The van der Waals surface area contributed by atoms with Crippen LogP contribution in [0.15, 0.2) is 60.7 Å². The summed E-state index contributed by atoms with van der Waals surface area (Å²) >= 11 is 12.2. The summed E-state index contributed by atoms with van der Waals surface area (Å²) < 4.78 is 14.6. The molecule has 1 aliphatic rings. The molecule has 140 valence electrons. The number of carbonyl (C=O) groups excluding carboxylic acids is 1. The van der Waals surface area contributed by atoms with Crippen molar-refractivity contribution in [2.24, 2.45) is 0 Å². The molecule has 0 aliphatic carbocycles. The van der Waals surface area contributed by atoms with Gasteiger partial charge >= 0.3 is 0 Å². The number of anilines is 2. The van der Waals surface area contributed by atoms with Crippen molar-refractivity contribution in [3.8, 4) is 0 Å². The smallest absolute Gasteiger partial charge is 0.255 e. The second-order valence-corrected chi connectivity index (χ2v) is 7.84. The van der Waals surface area contributed by atoms with Gasteiger partial charge in [0, 0.05) is 27.7 Å². The van der Waals surface area contributed by atoms with Gasteiger partial charge in [-0.3, -0.25) is 4.79 Å². The molecule has 1 unspecified atom stereocenters. The van der Waals surface area contributed by atoms with Crippen molar-refractivity contribution in [1.82, 2.24) is 0 Å². The number of halogens is 3. The fourth-order valence-corrected chi connectivity index (χ4v) is 3.98. The van der Waals surface area contributed by atoms with Gasteiger partial charge in [0.2, 0.25) is 0 Å². The van der Waals surface area contributed by atoms with Gasteiger partial charge in [0.05, 0.1) is 5.69 Å². The highest BCUT2D eigenvalue weighted by atomic mass is 35.5. The summed E-state index contributed by atoms with van der Waals surface area (Å²) in [7, 11) is 1.81. The van der Waals surface area contributed by atoms with Gasteiger partial charge in [0.15, 0.2) is 0 Å². The molecule has 7 heteroatoms. The third-order valence-electron chi connectivity index (χ3n) is 4.91. The minimum atomic E-state index is -1.19. The van der Waals surface area contributed by atoms with E-state index in [1.807, 2.05) is 20.0 Å². The van der Waals surface area contributed by atoms with Gasteiger partial charge in [0.1, 0.15) is 19.2 Å². The highest BCUT2D eigenvalue weighted by molar-refractivity contribution is 6.32. The van der Waals surface area contributed by atoms with Crippen LogP contribution in [0.1, 0.15) is 11.1 Å². The Morgan fingerprint density at radius 2 is 1.82 bits per heavy atom. The molecule has 0 bridgehead atoms. The largest absolute Gasteiger partial charge is 0.365 e.